The first-order valence-corrected chi connectivity index (χ1v) is 5.60. The van der Waals surface area contributed by atoms with Crippen LogP contribution in [0.15, 0.2) is 18.2 Å². The standard InChI is InChI=1S/C12H15ClN2O/c1-12(2,3)11-8(7-16)15-9(13)5-4-6-10(15)14-11/h4-6,16H,7H2,1-3H3. The van der Waals surface area contributed by atoms with Gasteiger partial charge in [-0.05, 0) is 12.1 Å². The first-order valence-electron chi connectivity index (χ1n) is 5.22. The predicted octanol–water partition coefficient (Wildman–Crippen LogP) is 2.78. The van der Waals surface area contributed by atoms with E-state index in [2.05, 4.69) is 25.8 Å². The van der Waals surface area contributed by atoms with Crippen LogP contribution in [0.4, 0.5) is 0 Å². The molecule has 0 radical (unpaired) electrons. The monoisotopic (exact) mass is 238 g/mol. The molecule has 0 saturated carbocycles. The normalized spacial score (nSPS) is 12.3. The number of pyridine rings is 1. The molecule has 0 atom stereocenters. The molecule has 1 N–H and O–H groups in total. The summed E-state index contributed by atoms with van der Waals surface area (Å²) in [4.78, 5) is 4.53. The van der Waals surface area contributed by atoms with Crippen LogP contribution in [0.5, 0.6) is 0 Å². The number of fused-ring (bicyclic) bond motifs is 1. The number of hydrogen-bond donors (Lipinski definition) is 1. The first kappa shape index (κ1) is 11.4. The molecule has 0 unspecified atom stereocenters. The molecule has 2 heterocycles. The van der Waals surface area contributed by atoms with Crippen molar-refractivity contribution in [2.45, 2.75) is 32.8 Å². The number of aliphatic hydroxyl groups excluding tert-OH is 1. The maximum Gasteiger partial charge on any atom is 0.138 e. The Morgan fingerprint density at radius 2 is 2.06 bits per heavy atom. The second-order valence-corrected chi connectivity index (χ2v) is 5.24. The molecule has 2 aromatic heterocycles. The van der Waals surface area contributed by atoms with Crippen molar-refractivity contribution in [1.82, 2.24) is 9.38 Å². The Labute approximate surface area is 99.7 Å². The second-order valence-electron chi connectivity index (χ2n) is 4.86. The lowest BCUT2D eigenvalue weighted by Crippen LogP contribution is -2.15. The number of rotatable bonds is 1. The van der Waals surface area contributed by atoms with E-state index >= 15 is 0 Å². The Kier molecular flexibility index (Phi) is 2.68. The average Bonchev–Trinajstić information content (AvgIpc) is 2.57. The van der Waals surface area contributed by atoms with Crippen molar-refractivity contribution in [1.29, 1.82) is 0 Å². The van der Waals surface area contributed by atoms with Crippen molar-refractivity contribution in [3.63, 3.8) is 0 Å². The Bertz CT molecular complexity index is 526. The zero-order valence-corrected chi connectivity index (χ0v) is 10.4. The van der Waals surface area contributed by atoms with E-state index in [0.717, 1.165) is 17.0 Å². The molecule has 0 aromatic carbocycles. The van der Waals surface area contributed by atoms with Gasteiger partial charge in [-0.25, -0.2) is 4.98 Å². The molecule has 0 aliphatic heterocycles. The number of halogens is 1. The predicted molar refractivity (Wildman–Crippen MR) is 64.8 cm³/mol. The van der Waals surface area contributed by atoms with E-state index in [4.69, 9.17) is 11.6 Å². The molecule has 0 aliphatic rings. The molecule has 0 amide bonds. The van der Waals surface area contributed by atoms with Gasteiger partial charge in [-0.1, -0.05) is 38.4 Å². The zero-order valence-electron chi connectivity index (χ0n) is 9.66. The summed E-state index contributed by atoms with van der Waals surface area (Å²) in [6.07, 6.45) is 0. The summed E-state index contributed by atoms with van der Waals surface area (Å²) in [6, 6.07) is 5.54. The average molecular weight is 239 g/mol. The van der Waals surface area contributed by atoms with Crippen molar-refractivity contribution in [3.8, 4) is 0 Å². The molecule has 4 heteroatoms. The summed E-state index contributed by atoms with van der Waals surface area (Å²) >= 11 is 6.12. The van der Waals surface area contributed by atoms with E-state index in [-0.39, 0.29) is 12.0 Å². The fourth-order valence-corrected chi connectivity index (χ4v) is 2.12. The highest BCUT2D eigenvalue weighted by Gasteiger charge is 2.23. The van der Waals surface area contributed by atoms with Crippen molar-refractivity contribution in [2.75, 3.05) is 0 Å². The molecular formula is C12H15ClN2O. The highest BCUT2D eigenvalue weighted by atomic mass is 35.5. The maximum absolute atomic E-state index is 9.47. The summed E-state index contributed by atoms with van der Waals surface area (Å²) in [6.45, 7) is 6.16. The quantitative estimate of drug-likeness (QED) is 0.776. The van der Waals surface area contributed by atoms with Crippen molar-refractivity contribution in [3.05, 3.63) is 34.7 Å². The van der Waals surface area contributed by atoms with Gasteiger partial charge in [0.1, 0.15) is 10.8 Å². The highest BCUT2D eigenvalue weighted by molar-refractivity contribution is 6.29. The van der Waals surface area contributed by atoms with Crippen LogP contribution in [0.1, 0.15) is 32.2 Å². The van der Waals surface area contributed by atoms with E-state index in [9.17, 15) is 5.11 Å². The van der Waals surface area contributed by atoms with E-state index in [0.29, 0.717) is 5.15 Å². The molecule has 0 fully saturated rings. The molecule has 3 nitrogen and oxygen atoms in total. The summed E-state index contributed by atoms with van der Waals surface area (Å²) in [7, 11) is 0. The number of imidazole rings is 1. The van der Waals surface area contributed by atoms with Gasteiger partial charge in [0.15, 0.2) is 0 Å². The van der Waals surface area contributed by atoms with Gasteiger partial charge in [-0.2, -0.15) is 0 Å². The number of hydrogen-bond acceptors (Lipinski definition) is 2. The molecule has 0 saturated heterocycles. The third-order valence-electron chi connectivity index (χ3n) is 2.55. The third-order valence-corrected chi connectivity index (χ3v) is 2.85. The maximum atomic E-state index is 9.47. The zero-order chi connectivity index (χ0) is 11.9. The minimum absolute atomic E-state index is 0.0580. The van der Waals surface area contributed by atoms with Gasteiger partial charge < -0.3 is 5.11 Å². The summed E-state index contributed by atoms with van der Waals surface area (Å²) < 4.78 is 1.79. The van der Waals surface area contributed by atoms with Crippen LogP contribution >= 0.6 is 11.6 Å². The van der Waals surface area contributed by atoms with Gasteiger partial charge in [-0.3, -0.25) is 4.40 Å². The summed E-state index contributed by atoms with van der Waals surface area (Å²) in [5.74, 6) is 0. The summed E-state index contributed by atoms with van der Waals surface area (Å²) in [5, 5.41) is 10.0. The van der Waals surface area contributed by atoms with E-state index in [1.165, 1.54) is 0 Å². The topological polar surface area (TPSA) is 37.5 Å². The number of nitrogens with zero attached hydrogens (tertiary/aromatic N) is 2. The smallest absolute Gasteiger partial charge is 0.138 e. The van der Waals surface area contributed by atoms with E-state index < -0.39 is 0 Å². The highest BCUT2D eigenvalue weighted by Crippen LogP contribution is 2.28. The SMILES string of the molecule is CC(C)(C)c1nc2cccc(Cl)n2c1CO. The third kappa shape index (κ3) is 1.70. The lowest BCUT2D eigenvalue weighted by molar-refractivity contribution is 0.272. The Hall–Kier alpha value is -1.06. The van der Waals surface area contributed by atoms with Crippen LogP contribution in [0.3, 0.4) is 0 Å². The molecular weight excluding hydrogens is 224 g/mol. The number of aromatic nitrogens is 2. The van der Waals surface area contributed by atoms with Gasteiger partial charge in [0.05, 0.1) is 18.0 Å². The van der Waals surface area contributed by atoms with Crippen LogP contribution < -0.4 is 0 Å². The van der Waals surface area contributed by atoms with Crippen molar-refractivity contribution < 1.29 is 5.11 Å². The van der Waals surface area contributed by atoms with Crippen LogP contribution in [0.2, 0.25) is 5.15 Å². The fraction of sp³-hybridized carbons (Fsp3) is 0.417. The molecule has 0 aliphatic carbocycles. The summed E-state index contributed by atoms with van der Waals surface area (Å²) in [5.41, 5.74) is 2.34. The molecule has 86 valence electrons. The molecule has 2 aromatic rings. The van der Waals surface area contributed by atoms with Gasteiger partial charge in [-0.15, -0.1) is 0 Å². The van der Waals surface area contributed by atoms with E-state index in [1.54, 1.807) is 10.5 Å². The largest absolute Gasteiger partial charge is 0.390 e. The Morgan fingerprint density at radius 3 is 2.62 bits per heavy atom. The minimum atomic E-state index is -0.104. The lowest BCUT2D eigenvalue weighted by atomic mass is 9.91. The van der Waals surface area contributed by atoms with Gasteiger partial charge >= 0.3 is 0 Å². The van der Waals surface area contributed by atoms with Crippen LogP contribution in [0, 0.1) is 0 Å². The van der Waals surface area contributed by atoms with Gasteiger partial charge in [0, 0.05) is 5.41 Å². The van der Waals surface area contributed by atoms with Gasteiger partial charge in [0.2, 0.25) is 0 Å². The molecule has 2 rings (SSSR count). The van der Waals surface area contributed by atoms with E-state index in [1.807, 2.05) is 12.1 Å². The lowest BCUT2D eigenvalue weighted by Gasteiger charge is -2.17. The van der Waals surface area contributed by atoms with Crippen molar-refractivity contribution in [2.24, 2.45) is 0 Å². The van der Waals surface area contributed by atoms with Crippen LogP contribution in [-0.2, 0) is 12.0 Å². The molecule has 16 heavy (non-hydrogen) atoms. The Morgan fingerprint density at radius 1 is 1.38 bits per heavy atom. The number of aliphatic hydroxyl groups is 1. The minimum Gasteiger partial charge on any atom is -0.390 e. The Balaban J connectivity index is 2.83. The molecule has 0 spiro atoms. The van der Waals surface area contributed by atoms with Crippen LogP contribution in [-0.4, -0.2) is 14.5 Å². The van der Waals surface area contributed by atoms with Crippen LogP contribution in [0.25, 0.3) is 5.65 Å². The second kappa shape index (κ2) is 3.75. The van der Waals surface area contributed by atoms with Crippen molar-refractivity contribution >= 4 is 17.2 Å². The van der Waals surface area contributed by atoms with Gasteiger partial charge in [0.25, 0.3) is 0 Å². The first-order chi connectivity index (χ1) is 7.45. The fourth-order valence-electron chi connectivity index (χ4n) is 1.86. The molecule has 0 bridgehead atoms.